The quantitative estimate of drug-likeness (QED) is 0.810. The lowest BCUT2D eigenvalue weighted by Crippen LogP contribution is -2.65. The van der Waals surface area contributed by atoms with Crippen molar-refractivity contribution in [2.24, 2.45) is 0 Å². The first-order valence-corrected chi connectivity index (χ1v) is 9.93. The number of hydrogen-bond acceptors (Lipinski definition) is 4. The van der Waals surface area contributed by atoms with Gasteiger partial charge in [-0.05, 0) is 31.7 Å². The van der Waals surface area contributed by atoms with E-state index in [2.05, 4.69) is 36.1 Å². The number of likely N-dealkylation sites (tertiary alicyclic amines) is 2. The highest BCUT2D eigenvalue weighted by Gasteiger charge is 2.47. The van der Waals surface area contributed by atoms with Gasteiger partial charge in [-0.25, -0.2) is 0 Å². The zero-order valence-corrected chi connectivity index (χ0v) is 15.8. The Kier molecular flexibility index (Phi) is 5.30. The predicted molar refractivity (Wildman–Crippen MR) is 99.9 cm³/mol. The van der Waals surface area contributed by atoms with Crippen LogP contribution in [0.15, 0.2) is 24.3 Å². The molecule has 4 rings (SSSR count). The van der Waals surface area contributed by atoms with Crippen LogP contribution in [0.3, 0.4) is 0 Å². The molecule has 3 aliphatic rings. The number of carbonyl (C=O) groups is 1. The molecule has 0 N–H and O–H groups in total. The van der Waals surface area contributed by atoms with Crippen LogP contribution in [0, 0.1) is 6.92 Å². The summed E-state index contributed by atoms with van der Waals surface area (Å²) in [6.45, 7) is 7.77. The van der Waals surface area contributed by atoms with Crippen molar-refractivity contribution in [1.82, 2.24) is 9.80 Å². The lowest BCUT2D eigenvalue weighted by atomic mass is 9.84. The zero-order valence-electron chi connectivity index (χ0n) is 15.8. The van der Waals surface area contributed by atoms with Crippen molar-refractivity contribution in [1.29, 1.82) is 0 Å². The predicted octanol–water partition coefficient (Wildman–Crippen LogP) is 2.37. The van der Waals surface area contributed by atoms with Gasteiger partial charge in [0.25, 0.3) is 0 Å². The standard InChI is InChI=1S/C21H30N2O3/c1-17-4-6-18(7-5-17)13-22-15-21(16-22)12-19(8-11-26-21)25-14-20(24)23-9-2-3-10-23/h4-7,19H,2-3,8-16H2,1H3/t19-/m0/s1. The number of aryl methyl sites for hydroxylation is 1. The molecule has 0 bridgehead atoms. The molecular weight excluding hydrogens is 328 g/mol. The summed E-state index contributed by atoms with van der Waals surface area (Å²) < 4.78 is 12.1. The molecule has 0 unspecified atom stereocenters. The van der Waals surface area contributed by atoms with Crippen LogP contribution < -0.4 is 0 Å². The third-order valence-corrected chi connectivity index (χ3v) is 5.90. The summed E-state index contributed by atoms with van der Waals surface area (Å²) in [5, 5.41) is 0. The number of benzene rings is 1. The van der Waals surface area contributed by atoms with Gasteiger partial charge < -0.3 is 14.4 Å². The summed E-state index contributed by atoms with van der Waals surface area (Å²) in [5.74, 6) is 0.151. The van der Waals surface area contributed by atoms with Crippen molar-refractivity contribution in [3.8, 4) is 0 Å². The smallest absolute Gasteiger partial charge is 0.248 e. The topological polar surface area (TPSA) is 42.0 Å². The van der Waals surface area contributed by atoms with Crippen molar-refractivity contribution < 1.29 is 14.3 Å². The Hall–Kier alpha value is -1.43. The van der Waals surface area contributed by atoms with Gasteiger partial charge in [0.2, 0.25) is 5.91 Å². The van der Waals surface area contributed by atoms with Crippen molar-refractivity contribution in [2.45, 2.75) is 50.9 Å². The van der Waals surface area contributed by atoms with Gasteiger partial charge in [0.1, 0.15) is 6.61 Å². The first-order valence-electron chi connectivity index (χ1n) is 9.93. The van der Waals surface area contributed by atoms with Crippen molar-refractivity contribution in [3.05, 3.63) is 35.4 Å². The van der Waals surface area contributed by atoms with Crippen molar-refractivity contribution in [2.75, 3.05) is 39.4 Å². The number of ether oxygens (including phenoxy) is 2. The molecule has 142 valence electrons. The van der Waals surface area contributed by atoms with E-state index in [1.54, 1.807) is 0 Å². The highest BCUT2D eigenvalue weighted by molar-refractivity contribution is 5.77. The number of rotatable bonds is 5. The van der Waals surface area contributed by atoms with Crippen LogP contribution >= 0.6 is 0 Å². The molecular formula is C21H30N2O3. The van der Waals surface area contributed by atoms with Crippen LogP contribution in [0.1, 0.15) is 36.8 Å². The molecule has 1 aromatic carbocycles. The van der Waals surface area contributed by atoms with Crippen LogP contribution in [0.2, 0.25) is 0 Å². The second-order valence-electron chi connectivity index (χ2n) is 8.18. The molecule has 1 amide bonds. The van der Waals surface area contributed by atoms with Crippen LogP contribution in [-0.4, -0.2) is 66.8 Å². The normalized spacial score (nSPS) is 25.4. The molecule has 0 saturated carbocycles. The van der Waals surface area contributed by atoms with Gasteiger partial charge in [0.05, 0.1) is 11.7 Å². The summed E-state index contributed by atoms with van der Waals surface area (Å²) in [4.78, 5) is 16.5. The molecule has 3 aliphatic heterocycles. The van der Waals surface area contributed by atoms with Crippen molar-refractivity contribution >= 4 is 5.91 Å². The number of nitrogens with zero attached hydrogens (tertiary/aromatic N) is 2. The fraction of sp³-hybridized carbons (Fsp3) is 0.667. The van der Waals surface area contributed by atoms with E-state index in [0.717, 1.165) is 65.0 Å². The average molecular weight is 358 g/mol. The maximum atomic E-state index is 12.2. The summed E-state index contributed by atoms with van der Waals surface area (Å²) in [5.41, 5.74) is 2.59. The first kappa shape index (κ1) is 18.0. The largest absolute Gasteiger partial charge is 0.372 e. The lowest BCUT2D eigenvalue weighted by Gasteiger charge is -2.53. The molecule has 1 atom stereocenters. The van der Waals surface area contributed by atoms with Crippen LogP contribution in [0.5, 0.6) is 0 Å². The van der Waals surface area contributed by atoms with Crippen LogP contribution in [0.4, 0.5) is 0 Å². The van der Waals surface area contributed by atoms with E-state index in [0.29, 0.717) is 0 Å². The van der Waals surface area contributed by atoms with Gasteiger partial charge >= 0.3 is 0 Å². The van der Waals surface area contributed by atoms with E-state index in [1.807, 2.05) is 4.90 Å². The second kappa shape index (κ2) is 7.67. The summed E-state index contributed by atoms with van der Waals surface area (Å²) in [7, 11) is 0. The highest BCUT2D eigenvalue weighted by Crippen LogP contribution is 2.36. The molecule has 1 spiro atoms. The Morgan fingerprint density at radius 3 is 2.69 bits per heavy atom. The van der Waals surface area contributed by atoms with Gasteiger partial charge in [0, 0.05) is 45.8 Å². The maximum absolute atomic E-state index is 12.2. The number of carbonyl (C=O) groups excluding carboxylic acids is 1. The Morgan fingerprint density at radius 2 is 1.96 bits per heavy atom. The minimum Gasteiger partial charge on any atom is -0.372 e. The van der Waals surface area contributed by atoms with E-state index >= 15 is 0 Å². The third kappa shape index (κ3) is 4.11. The molecule has 5 heteroatoms. The molecule has 0 radical (unpaired) electrons. The molecule has 3 fully saturated rings. The minimum absolute atomic E-state index is 0.0652. The summed E-state index contributed by atoms with van der Waals surface area (Å²) in [6, 6.07) is 8.75. The Morgan fingerprint density at radius 1 is 1.23 bits per heavy atom. The van der Waals surface area contributed by atoms with Crippen LogP contribution in [-0.2, 0) is 20.8 Å². The molecule has 26 heavy (non-hydrogen) atoms. The Balaban J connectivity index is 1.22. The molecule has 1 aromatic rings. The first-order chi connectivity index (χ1) is 12.6. The fourth-order valence-corrected chi connectivity index (χ4v) is 4.42. The molecule has 3 heterocycles. The number of amides is 1. The molecule has 5 nitrogen and oxygen atoms in total. The number of hydrogen-bond donors (Lipinski definition) is 0. The Bertz CT molecular complexity index is 619. The van der Waals surface area contributed by atoms with E-state index < -0.39 is 0 Å². The lowest BCUT2D eigenvalue weighted by molar-refractivity contribution is -0.200. The van der Waals surface area contributed by atoms with Gasteiger partial charge in [-0.1, -0.05) is 29.8 Å². The highest BCUT2D eigenvalue weighted by atomic mass is 16.5. The van der Waals surface area contributed by atoms with Crippen molar-refractivity contribution in [3.63, 3.8) is 0 Å². The van der Waals surface area contributed by atoms with Crippen LogP contribution in [0.25, 0.3) is 0 Å². The van der Waals surface area contributed by atoms with Gasteiger partial charge in [-0.15, -0.1) is 0 Å². The third-order valence-electron chi connectivity index (χ3n) is 5.90. The SMILES string of the molecule is Cc1ccc(CN2CC3(C[C@@H](OCC(=O)N4CCCC4)CCO3)C2)cc1. The van der Waals surface area contributed by atoms with E-state index in [-0.39, 0.29) is 24.2 Å². The van der Waals surface area contributed by atoms with E-state index in [4.69, 9.17) is 9.47 Å². The fourth-order valence-electron chi connectivity index (χ4n) is 4.42. The van der Waals surface area contributed by atoms with Gasteiger partial charge in [0.15, 0.2) is 0 Å². The average Bonchev–Trinajstić information content (AvgIpc) is 3.15. The van der Waals surface area contributed by atoms with Gasteiger partial charge in [-0.2, -0.15) is 0 Å². The molecule has 0 aromatic heterocycles. The van der Waals surface area contributed by atoms with E-state index in [1.165, 1.54) is 11.1 Å². The Labute approximate surface area is 156 Å². The van der Waals surface area contributed by atoms with E-state index in [9.17, 15) is 4.79 Å². The van der Waals surface area contributed by atoms with Gasteiger partial charge in [-0.3, -0.25) is 9.69 Å². The second-order valence-corrected chi connectivity index (χ2v) is 8.18. The minimum atomic E-state index is -0.0652. The summed E-state index contributed by atoms with van der Waals surface area (Å²) in [6.07, 6.45) is 4.21. The summed E-state index contributed by atoms with van der Waals surface area (Å²) >= 11 is 0. The molecule has 0 aliphatic carbocycles. The monoisotopic (exact) mass is 358 g/mol. The maximum Gasteiger partial charge on any atom is 0.248 e. The zero-order chi connectivity index (χ0) is 18.0. The molecule has 3 saturated heterocycles.